The lowest BCUT2D eigenvalue weighted by Gasteiger charge is -2.22. The number of rotatable bonds is 25. The lowest BCUT2D eigenvalue weighted by atomic mass is 10.0. The molecule has 32 heavy (non-hydrogen) atoms. The highest BCUT2D eigenvalue weighted by atomic mass is 16.3. The van der Waals surface area contributed by atoms with Gasteiger partial charge in [-0.05, 0) is 12.8 Å². The van der Waals surface area contributed by atoms with Gasteiger partial charge in [0.1, 0.15) is 0 Å². The minimum absolute atomic E-state index is 0.0453. The molecule has 2 atom stereocenters. The summed E-state index contributed by atoms with van der Waals surface area (Å²) < 4.78 is 0. The molecule has 0 bridgehead atoms. The highest BCUT2D eigenvalue weighted by Crippen LogP contribution is 2.15. The molecule has 0 heterocycles. The van der Waals surface area contributed by atoms with Gasteiger partial charge in [0.05, 0.1) is 18.8 Å². The minimum atomic E-state index is -0.647. The molecule has 192 valence electrons. The van der Waals surface area contributed by atoms with Gasteiger partial charge in [0.2, 0.25) is 5.91 Å². The fourth-order valence-corrected chi connectivity index (χ4v) is 4.36. The van der Waals surface area contributed by atoms with Crippen LogP contribution in [0.1, 0.15) is 155 Å². The van der Waals surface area contributed by atoms with Crippen LogP contribution in [-0.2, 0) is 4.79 Å². The summed E-state index contributed by atoms with van der Waals surface area (Å²) in [4.78, 5) is 12.0. The third-order valence-electron chi connectivity index (χ3n) is 6.62. The lowest BCUT2D eigenvalue weighted by Crippen LogP contribution is -2.45. The molecule has 1 amide bonds. The van der Waals surface area contributed by atoms with Crippen molar-refractivity contribution in [2.75, 3.05) is 6.61 Å². The first-order valence-corrected chi connectivity index (χ1v) is 14.2. The zero-order valence-corrected chi connectivity index (χ0v) is 21.7. The molecule has 0 rings (SSSR count). The Bertz CT molecular complexity index is 389. The standard InChI is InChI=1S/C28H57NO3/c1-3-5-7-9-10-11-12-13-14-15-16-17-18-20-21-23-27(31)26(25-30)29-28(32)24-22-19-8-6-4-2/h26-27,30-31H,3-25H2,1-2H3,(H,29,32). The van der Waals surface area contributed by atoms with Crippen molar-refractivity contribution in [2.24, 2.45) is 0 Å². The van der Waals surface area contributed by atoms with Gasteiger partial charge in [0, 0.05) is 6.42 Å². The molecule has 2 unspecified atom stereocenters. The van der Waals surface area contributed by atoms with Crippen LogP contribution >= 0.6 is 0 Å². The summed E-state index contributed by atoms with van der Waals surface area (Å²) in [6.45, 7) is 4.26. The number of amides is 1. The first kappa shape index (κ1) is 31.4. The molecular formula is C28H57NO3. The monoisotopic (exact) mass is 455 g/mol. The first-order valence-electron chi connectivity index (χ1n) is 14.2. The fourth-order valence-electron chi connectivity index (χ4n) is 4.36. The molecule has 0 aromatic rings. The molecule has 0 aromatic heterocycles. The number of nitrogens with one attached hydrogen (secondary N) is 1. The van der Waals surface area contributed by atoms with E-state index in [1.807, 2.05) is 0 Å². The van der Waals surface area contributed by atoms with E-state index in [-0.39, 0.29) is 12.5 Å². The van der Waals surface area contributed by atoms with E-state index in [2.05, 4.69) is 19.2 Å². The van der Waals surface area contributed by atoms with Gasteiger partial charge in [-0.2, -0.15) is 0 Å². The maximum Gasteiger partial charge on any atom is 0.220 e. The van der Waals surface area contributed by atoms with Crippen LogP contribution < -0.4 is 5.32 Å². The molecular weight excluding hydrogens is 398 g/mol. The average molecular weight is 456 g/mol. The van der Waals surface area contributed by atoms with E-state index in [1.54, 1.807) is 0 Å². The maximum atomic E-state index is 12.0. The van der Waals surface area contributed by atoms with Crippen LogP contribution in [-0.4, -0.2) is 34.9 Å². The van der Waals surface area contributed by atoms with Crippen LogP contribution in [0.2, 0.25) is 0 Å². The van der Waals surface area contributed by atoms with Crippen LogP contribution in [0, 0.1) is 0 Å². The Kier molecular flexibility index (Phi) is 24.5. The van der Waals surface area contributed by atoms with Gasteiger partial charge in [-0.25, -0.2) is 0 Å². The highest BCUT2D eigenvalue weighted by Gasteiger charge is 2.19. The molecule has 0 radical (unpaired) electrons. The third-order valence-corrected chi connectivity index (χ3v) is 6.62. The van der Waals surface area contributed by atoms with Gasteiger partial charge in [0.15, 0.2) is 0 Å². The molecule has 0 aliphatic rings. The summed E-state index contributed by atoms with van der Waals surface area (Å²) in [6.07, 6.45) is 25.9. The SMILES string of the molecule is CCCCCCCCCCCCCCCCCC(O)C(CO)NC(=O)CCCCCCC. The summed E-state index contributed by atoms with van der Waals surface area (Å²) >= 11 is 0. The van der Waals surface area contributed by atoms with Gasteiger partial charge in [-0.3, -0.25) is 4.79 Å². The Balaban J connectivity index is 3.52. The number of carbonyl (C=O) groups excluding carboxylic acids is 1. The Morgan fingerprint density at radius 1 is 0.625 bits per heavy atom. The summed E-state index contributed by atoms with van der Waals surface area (Å²) in [7, 11) is 0. The van der Waals surface area contributed by atoms with Crippen LogP contribution in [0.5, 0.6) is 0 Å². The zero-order chi connectivity index (χ0) is 23.7. The molecule has 3 N–H and O–H groups in total. The molecule has 0 aliphatic carbocycles. The van der Waals surface area contributed by atoms with Crippen molar-refractivity contribution < 1.29 is 15.0 Å². The fraction of sp³-hybridized carbons (Fsp3) is 0.964. The number of hydrogen-bond donors (Lipinski definition) is 3. The van der Waals surface area contributed by atoms with Crippen molar-refractivity contribution in [1.82, 2.24) is 5.32 Å². The second-order valence-corrected chi connectivity index (χ2v) is 9.83. The Morgan fingerprint density at radius 3 is 1.41 bits per heavy atom. The Hall–Kier alpha value is -0.610. The summed E-state index contributed by atoms with van der Waals surface area (Å²) in [5.41, 5.74) is 0. The molecule has 0 fully saturated rings. The van der Waals surface area contributed by atoms with Gasteiger partial charge in [-0.15, -0.1) is 0 Å². The van der Waals surface area contributed by atoms with E-state index < -0.39 is 12.1 Å². The zero-order valence-electron chi connectivity index (χ0n) is 21.7. The molecule has 4 nitrogen and oxygen atoms in total. The quantitative estimate of drug-likeness (QED) is 0.125. The van der Waals surface area contributed by atoms with Crippen LogP contribution in [0.15, 0.2) is 0 Å². The summed E-state index contributed by atoms with van der Waals surface area (Å²) in [5, 5.41) is 22.7. The number of carbonyl (C=O) groups is 1. The van der Waals surface area contributed by atoms with E-state index in [0.717, 1.165) is 25.7 Å². The van der Waals surface area contributed by atoms with Gasteiger partial charge >= 0.3 is 0 Å². The number of hydrogen-bond acceptors (Lipinski definition) is 3. The normalized spacial score (nSPS) is 13.2. The van der Waals surface area contributed by atoms with Gasteiger partial charge < -0.3 is 15.5 Å². The van der Waals surface area contributed by atoms with E-state index >= 15 is 0 Å². The Labute approximate surface area is 200 Å². The predicted molar refractivity (Wildman–Crippen MR) is 138 cm³/mol. The number of unbranched alkanes of at least 4 members (excludes halogenated alkanes) is 18. The van der Waals surface area contributed by atoms with E-state index in [1.165, 1.54) is 103 Å². The van der Waals surface area contributed by atoms with E-state index in [9.17, 15) is 15.0 Å². The molecule has 4 heteroatoms. The van der Waals surface area contributed by atoms with Crippen LogP contribution in [0.4, 0.5) is 0 Å². The van der Waals surface area contributed by atoms with Crippen LogP contribution in [0.25, 0.3) is 0 Å². The van der Waals surface area contributed by atoms with E-state index in [4.69, 9.17) is 0 Å². The van der Waals surface area contributed by atoms with Crippen molar-refractivity contribution in [1.29, 1.82) is 0 Å². The van der Waals surface area contributed by atoms with Gasteiger partial charge in [0.25, 0.3) is 0 Å². The second-order valence-electron chi connectivity index (χ2n) is 9.83. The van der Waals surface area contributed by atoms with Crippen molar-refractivity contribution in [3.05, 3.63) is 0 Å². The second kappa shape index (κ2) is 25.0. The third kappa shape index (κ3) is 21.2. The van der Waals surface area contributed by atoms with Gasteiger partial charge in [-0.1, -0.05) is 136 Å². The smallest absolute Gasteiger partial charge is 0.220 e. The summed E-state index contributed by atoms with van der Waals surface area (Å²) in [5.74, 6) is -0.0453. The van der Waals surface area contributed by atoms with Crippen molar-refractivity contribution >= 4 is 5.91 Å². The molecule has 0 aliphatic heterocycles. The summed E-state index contributed by atoms with van der Waals surface area (Å²) in [6, 6.07) is -0.523. The average Bonchev–Trinajstić information content (AvgIpc) is 2.79. The first-order chi connectivity index (χ1) is 15.7. The molecule has 0 aromatic carbocycles. The number of aliphatic hydroxyl groups is 2. The van der Waals surface area contributed by atoms with Crippen LogP contribution in [0.3, 0.4) is 0 Å². The highest BCUT2D eigenvalue weighted by molar-refractivity contribution is 5.76. The minimum Gasteiger partial charge on any atom is -0.394 e. The van der Waals surface area contributed by atoms with Crippen molar-refractivity contribution in [2.45, 2.75) is 167 Å². The molecule has 0 saturated heterocycles. The molecule has 0 saturated carbocycles. The largest absolute Gasteiger partial charge is 0.394 e. The Morgan fingerprint density at radius 2 is 1.00 bits per heavy atom. The molecule has 0 spiro atoms. The van der Waals surface area contributed by atoms with Crippen molar-refractivity contribution in [3.8, 4) is 0 Å². The number of aliphatic hydroxyl groups excluding tert-OH is 2. The predicted octanol–water partition coefficient (Wildman–Crippen LogP) is 7.45. The topological polar surface area (TPSA) is 69.6 Å². The maximum absolute atomic E-state index is 12.0. The van der Waals surface area contributed by atoms with E-state index in [0.29, 0.717) is 12.8 Å². The van der Waals surface area contributed by atoms with Crippen molar-refractivity contribution in [3.63, 3.8) is 0 Å². The lowest BCUT2D eigenvalue weighted by molar-refractivity contribution is -0.123.